The number of aromatic nitrogens is 1. The number of hydrogen-bond donors (Lipinski definition) is 0. The summed E-state index contributed by atoms with van der Waals surface area (Å²) >= 11 is 17.9. The first-order valence-electron chi connectivity index (χ1n) is 8.30. The first kappa shape index (κ1) is 21.0. The molecule has 2 heterocycles. The molecule has 0 radical (unpaired) electrons. The van der Waals surface area contributed by atoms with Crippen molar-refractivity contribution in [2.24, 2.45) is 5.92 Å². The molecule has 1 aliphatic rings. The van der Waals surface area contributed by atoms with E-state index in [1.807, 2.05) is 0 Å². The van der Waals surface area contributed by atoms with Crippen molar-refractivity contribution in [2.45, 2.75) is 19.0 Å². The van der Waals surface area contributed by atoms with Crippen LogP contribution in [0.4, 0.5) is 19.0 Å². The molecule has 28 heavy (non-hydrogen) atoms. The van der Waals surface area contributed by atoms with Gasteiger partial charge in [-0.15, -0.1) is 0 Å². The van der Waals surface area contributed by atoms with Crippen molar-refractivity contribution < 1.29 is 22.7 Å². The fourth-order valence-electron chi connectivity index (χ4n) is 2.90. The Balaban J connectivity index is 1.63. The molecule has 1 aromatic heterocycles. The number of pyridine rings is 1. The molecule has 1 fully saturated rings. The summed E-state index contributed by atoms with van der Waals surface area (Å²) in [4.78, 5) is 18.0. The van der Waals surface area contributed by atoms with Crippen LogP contribution < -0.4 is 9.64 Å². The van der Waals surface area contributed by atoms with Gasteiger partial charge >= 0.3 is 12.1 Å². The zero-order valence-electron chi connectivity index (χ0n) is 14.3. The van der Waals surface area contributed by atoms with Crippen molar-refractivity contribution in [1.82, 2.24) is 4.98 Å². The third-order valence-corrected chi connectivity index (χ3v) is 5.48. The minimum atomic E-state index is -4.51. The second-order valence-corrected chi connectivity index (χ2v) is 7.45. The highest BCUT2D eigenvalue weighted by Gasteiger charge is 2.33. The zero-order chi connectivity index (χ0) is 20.5. The van der Waals surface area contributed by atoms with Crippen LogP contribution in [0.5, 0.6) is 5.75 Å². The van der Waals surface area contributed by atoms with Crippen molar-refractivity contribution in [3.8, 4) is 5.75 Å². The molecule has 3 rings (SSSR count). The predicted octanol–water partition coefficient (Wildman–Crippen LogP) is 5.88. The second-order valence-electron chi connectivity index (χ2n) is 6.26. The molecule has 1 aromatic carbocycles. The summed E-state index contributed by atoms with van der Waals surface area (Å²) < 4.78 is 43.5. The quantitative estimate of drug-likeness (QED) is 0.430. The SMILES string of the molecule is O=C(Oc1cccc(Cl)c1Cl)C1CCN(c2ncc(C(F)(F)F)cc2Cl)CC1. The third kappa shape index (κ3) is 4.64. The summed E-state index contributed by atoms with van der Waals surface area (Å²) in [6.45, 7) is 0.808. The van der Waals surface area contributed by atoms with E-state index in [4.69, 9.17) is 39.5 Å². The number of hydrogen-bond acceptors (Lipinski definition) is 4. The number of nitrogens with zero attached hydrogens (tertiary/aromatic N) is 2. The maximum atomic E-state index is 12.7. The van der Waals surface area contributed by atoms with Crippen LogP contribution in [0.3, 0.4) is 0 Å². The van der Waals surface area contributed by atoms with Crippen LogP contribution in [-0.4, -0.2) is 24.0 Å². The smallest absolute Gasteiger partial charge is 0.417 e. The number of rotatable bonds is 3. The van der Waals surface area contributed by atoms with Crippen molar-refractivity contribution in [3.63, 3.8) is 0 Å². The van der Waals surface area contributed by atoms with Gasteiger partial charge in [-0.25, -0.2) is 4.98 Å². The lowest BCUT2D eigenvalue weighted by Gasteiger charge is -2.32. The lowest BCUT2D eigenvalue weighted by atomic mass is 9.97. The normalized spacial score (nSPS) is 15.6. The maximum Gasteiger partial charge on any atom is 0.417 e. The van der Waals surface area contributed by atoms with E-state index in [1.165, 1.54) is 0 Å². The van der Waals surface area contributed by atoms with E-state index in [2.05, 4.69) is 4.98 Å². The number of carbonyl (C=O) groups excluding carboxylic acids is 1. The van der Waals surface area contributed by atoms with E-state index in [0.29, 0.717) is 25.9 Å². The van der Waals surface area contributed by atoms with Crippen molar-refractivity contribution in [3.05, 3.63) is 51.1 Å². The summed E-state index contributed by atoms with van der Waals surface area (Å²) in [5.74, 6) is -0.358. The van der Waals surface area contributed by atoms with Crippen LogP contribution in [0.15, 0.2) is 30.5 Å². The number of alkyl halides is 3. The number of ether oxygens (including phenoxy) is 1. The number of anilines is 1. The van der Waals surface area contributed by atoms with Gasteiger partial charge in [0.25, 0.3) is 0 Å². The molecular weight excluding hydrogens is 440 g/mol. The van der Waals surface area contributed by atoms with Crippen LogP contribution in [0.1, 0.15) is 18.4 Å². The molecule has 0 amide bonds. The molecule has 0 N–H and O–H groups in total. The predicted molar refractivity (Wildman–Crippen MR) is 101 cm³/mol. The molecule has 0 unspecified atom stereocenters. The molecule has 1 aliphatic heterocycles. The van der Waals surface area contributed by atoms with Gasteiger partial charge in [0, 0.05) is 19.3 Å². The molecule has 0 bridgehead atoms. The Bertz CT molecular complexity index is 885. The van der Waals surface area contributed by atoms with Crippen LogP contribution >= 0.6 is 34.8 Å². The van der Waals surface area contributed by atoms with Gasteiger partial charge in [0.1, 0.15) is 10.8 Å². The Labute approximate surface area is 174 Å². The van der Waals surface area contributed by atoms with Gasteiger partial charge < -0.3 is 9.64 Å². The third-order valence-electron chi connectivity index (χ3n) is 4.40. The summed E-state index contributed by atoms with van der Waals surface area (Å²) in [7, 11) is 0. The number of benzene rings is 1. The van der Waals surface area contributed by atoms with E-state index < -0.39 is 17.7 Å². The fraction of sp³-hybridized carbons (Fsp3) is 0.333. The Morgan fingerprint density at radius 2 is 1.82 bits per heavy atom. The molecule has 4 nitrogen and oxygen atoms in total. The monoisotopic (exact) mass is 452 g/mol. The number of piperidine rings is 1. The first-order chi connectivity index (χ1) is 13.2. The molecule has 0 aliphatic carbocycles. The van der Waals surface area contributed by atoms with Gasteiger partial charge in [0.2, 0.25) is 0 Å². The van der Waals surface area contributed by atoms with Crippen LogP contribution in [-0.2, 0) is 11.0 Å². The van der Waals surface area contributed by atoms with E-state index in [0.717, 1.165) is 12.3 Å². The van der Waals surface area contributed by atoms with Crippen molar-refractivity contribution >= 4 is 46.6 Å². The van der Waals surface area contributed by atoms with Crippen LogP contribution in [0, 0.1) is 5.92 Å². The summed E-state index contributed by atoms with van der Waals surface area (Å²) in [6, 6.07) is 5.61. The molecule has 150 valence electrons. The molecule has 2 aromatic rings. The van der Waals surface area contributed by atoms with Crippen molar-refractivity contribution in [1.29, 1.82) is 0 Å². The van der Waals surface area contributed by atoms with Crippen LogP contribution in [0.25, 0.3) is 0 Å². The summed E-state index contributed by atoms with van der Waals surface area (Å²) in [6.07, 6.45) is -2.87. The first-order valence-corrected chi connectivity index (χ1v) is 9.43. The molecule has 0 atom stereocenters. The molecule has 0 spiro atoms. The highest BCUT2D eigenvalue weighted by atomic mass is 35.5. The van der Waals surface area contributed by atoms with Crippen LogP contribution in [0.2, 0.25) is 15.1 Å². The molecule has 10 heteroatoms. The van der Waals surface area contributed by atoms with Gasteiger partial charge in [0.05, 0.1) is 21.5 Å². The highest BCUT2D eigenvalue weighted by Crippen LogP contribution is 2.35. The van der Waals surface area contributed by atoms with Gasteiger partial charge in [0.15, 0.2) is 5.75 Å². The lowest BCUT2D eigenvalue weighted by Crippen LogP contribution is -2.38. The number of esters is 1. The summed E-state index contributed by atoms with van der Waals surface area (Å²) in [5.41, 5.74) is -0.905. The summed E-state index contributed by atoms with van der Waals surface area (Å²) in [5, 5.41) is 0.363. The van der Waals surface area contributed by atoms with E-state index in [-0.39, 0.29) is 32.6 Å². The highest BCUT2D eigenvalue weighted by molar-refractivity contribution is 6.43. The zero-order valence-corrected chi connectivity index (χ0v) is 16.5. The van der Waals surface area contributed by atoms with Gasteiger partial charge in [-0.1, -0.05) is 40.9 Å². The standard InChI is InChI=1S/C18H14Cl3F3N2O2/c19-12-2-1-3-14(15(12)21)28-17(27)10-4-6-26(7-5-10)16-13(20)8-11(9-25-16)18(22,23)24/h1-3,8-10H,4-7H2. The average molecular weight is 454 g/mol. The number of carbonyl (C=O) groups is 1. The largest absolute Gasteiger partial charge is 0.425 e. The van der Waals surface area contributed by atoms with Gasteiger partial charge in [-0.3, -0.25) is 4.79 Å². The van der Waals surface area contributed by atoms with Gasteiger partial charge in [-0.05, 0) is 31.0 Å². The topological polar surface area (TPSA) is 42.4 Å². The second kappa shape index (κ2) is 8.35. The van der Waals surface area contributed by atoms with E-state index >= 15 is 0 Å². The Morgan fingerprint density at radius 3 is 2.43 bits per heavy atom. The molecule has 0 saturated carbocycles. The van der Waals surface area contributed by atoms with Crippen molar-refractivity contribution in [2.75, 3.05) is 18.0 Å². The average Bonchev–Trinajstić information content (AvgIpc) is 2.65. The minimum Gasteiger partial charge on any atom is -0.425 e. The maximum absolute atomic E-state index is 12.7. The molecular formula is C18H14Cl3F3N2O2. The minimum absolute atomic E-state index is 0.0819. The van der Waals surface area contributed by atoms with E-state index in [1.54, 1.807) is 23.1 Å². The fourth-order valence-corrected chi connectivity index (χ4v) is 3.52. The molecule has 1 saturated heterocycles. The lowest BCUT2D eigenvalue weighted by molar-refractivity contribution is -0.140. The number of halogens is 6. The Hall–Kier alpha value is -1.70. The van der Waals surface area contributed by atoms with E-state index in [9.17, 15) is 18.0 Å². The Kier molecular flexibility index (Phi) is 6.27. The van der Waals surface area contributed by atoms with Gasteiger partial charge in [-0.2, -0.15) is 13.2 Å². The Morgan fingerprint density at radius 1 is 1.14 bits per heavy atom.